The van der Waals surface area contributed by atoms with Gasteiger partial charge in [0.2, 0.25) is 0 Å². The molecule has 2 rings (SSSR count). The molecular weight excluding hydrogens is 322 g/mol. The van der Waals surface area contributed by atoms with Gasteiger partial charge in [-0.2, -0.15) is 0 Å². The number of aliphatic hydroxyl groups is 1. The van der Waals surface area contributed by atoms with E-state index in [1.807, 2.05) is 24.3 Å². The molecule has 1 amide bonds. The average molecular weight is 342 g/mol. The van der Waals surface area contributed by atoms with Crippen LogP contribution < -0.4 is 5.32 Å². The third-order valence-electron chi connectivity index (χ3n) is 3.73. The maximum absolute atomic E-state index is 12.3. The maximum atomic E-state index is 12.3. The number of aliphatic hydroxyl groups excluding tert-OH is 1. The summed E-state index contributed by atoms with van der Waals surface area (Å²) in [5, 5.41) is 13.0. The molecule has 1 aliphatic heterocycles. The molecule has 1 aromatic carbocycles. The van der Waals surface area contributed by atoms with Gasteiger partial charge in [-0.25, -0.2) is 0 Å². The lowest BCUT2D eigenvalue weighted by molar-refractivity contribution is -0.159. The number of carbonyl (C=O) groups is 1. The van der Waals surface area contributed by atoms with E-state index in [4.69, 9.17) is 4.74 Å². The fourth-order valence-corrected chi connectivity index (χ4v) is 2.54. The van der Waals surface area contributed by atoms with Crippen molar-refractivity contribution in [2.75, 3.05) is 6.61 Å². The van der Waals surface area contributed by atoms with Crippen molar-refractivity contribution in [1.29, 1.82) is 0 Å². The molecule has 1 saturated heterocycles. The van der Waals surface area contributed by atoms with E-state index in [0.717, 1.165) is 22.9 Å². The van der Waals surface area contributed by atoms with Crippen LogP contribution in [0.4, 0.5) is 0 Å². The summed E-state index contributed by atoms with van der Waals surface area (Å²) < 4.78 is 6.60. The number of hydrogen-bond acceptors (Lipinski definition) is 3. The zero-order valence-corrected chi connectivity index (χ0v) is 13.1. The molecule has 2 atom stereocenters. The Labute approximate surface area is 127 Å². The van der Waals surface area contributed by atoms with Crippen LogP contribution in [-0.4, -0.2) is 29.3 Å². The van der Waals surface area contributed by atoms with Gasteiger partial charge >= 0.3 is 0 Å². The number of carbonyl (C=O) groups excluding carboxylic acids is 1. The molecule has 1 aromatic rings. The number of hydrogen-bond donors (Lipinski definition) is 2. The first-order valence-electron chi connectivity index (χ1n) is 6.87. The topological polar surface area (TPSA) is 58.6 Å². The third-order valence-corrected chi connectivity index (χ3v) is 4.26. The fourth-order valence-electron chi connectivity index (χ4n) is 2.27. The van der Waals surface area contributed by atoms with Gasteiger partial charge in [-0.15, -0.1) is 0 Å². The molecular formula is C15H20BrNO3. The summed E-state index contributed by atoms with van der Waals surface area (Å²) in [7, 11) is 0. The van der Waals surface area contributed by atoms with Crippen LogP contribution in [0.2, 0.25) is 0 Å². The van der Waals surface area contributed by atoms with Crippen LogP contribution in [-0.2, 0) is 16.1 Å². The van der Waals surface area contributed by atoms with Crippen LogP contribution in [0, 0.1) is 0 Å². The van der Waals surface area contributed by atoms with E-state index in [2.05, 4.69) is 21.2 Å². The lowest BCUT2D eigenvalue weighted by Crippen LogP contribution is -2.53. The number of nitrogens with one attached hydrogen (secondary N) is 1. The second-order valence-electron chi connectivity index (χ2n) is 5.28. The minimum Gasteiger partial charge on any atom is -0.390 e. The van der Waals surface area contributed by atoms with Gasteiger partial charge < -0.3 is 15.2 Å². The highest BCUT2D eigenvalue weighted by molar-refractivity contribution is 9.10. The molecule has 1 fully saturated rings. The van der Waals surface area contributed by atoms with Gasteiger partial charge in [-0.3, -0.25) is 4.79 Å². The molecule has 0 aromatic heterocycles. The summed E-state index contributed by atoms with van der Waals surface area (Å²) in [5.41, 5.74) is -0.139. The highest BCUT2D eigenvalue weighted by Crippen LogP contribution is 2.25. The Bertz CT molecular complexity index is 463. The third kappa shape index (κ3) is 3.59. The minimum absolute atomic E-state index is 0.255. The fraction of sp³-hybridized carbons (Fsp3) is 0.533. The van der Waals surface area contributed by atoms with Crippen molar-refractivity contribution in [1.82, 2.24) is 5.32 Å². The normalized spacial score (nSPS) is 26.9. The Balaban J connectivity index is 1.97. The van der Waals surface area contributed by atoms with Crippen molar-refractivity contribution in [2.45, 2.75) is 44.4 Å². The summed E-state index contributed by atoms with van der Waals surface area (Å²) in [6, 6.07) is 7.74. The van der Waals surface area contributed by atoms with E-state index in [9.17, 15) is 9.90 Å². The molecule has 0 radical (unpaired) electrons. The van der Waals surface area contributed by atoms with Crippen LogP contribution in [0.15, 0.2) is 28.7 Å². The Hall–Kier alpha value is -0.910. The lowest BCUT2D eigenvalue weighted by Gasteiger charge is -2.31. The van der Waals surface area contributed by atoms with Crippen molar-refractivity contribution in [3.8, 4) is 0 Å². The van der Waals surface area contributed by atoms with Crippen molar-refractivity contribution >= 4 is 21.8 Å². The van der Waals surface area contributed by atoms with Gasteiger partial charge in [0.15, 0.2) is 5.60 Å². The van der Waals surface area contributed by atoms with Gasteiger partial charge in [0.1, 0.15) is 0 Å². The predicted octanol–water partition coefficient (Wildman–Crippen LogP) is 2.39. The Morgan fingerprint density at radius 2 is 2.15 bits per heavy atom. The molecule has 5 heteroatoms. The zero-order valence-electron chi connectivity index (χ0n) is 11.6. The standard InChI is InChI=1S/C15H20BrNO3/c1-15(13(18)4-2-3-9-20-15)14(19)17-10-11-5-7-12(16)8-6-11/h5-8,13,18H,2-4,9-10H2,1H3,(H,17,19)/t13-,15+/m0/s1. The Morgan fingerprint density at radius 1 is 1.45 bits per heavy atom. The Morgan fingerprint density at radius 3 is 2.85 bits per heavy atom. The highest BCUT2D eigenvalue weighted by Gasteiger charge is 2.42. The SMILES string of the molecule is C[C@@]1(C(=O)NCc2ccc(Br)cc2)OCCCC[C@@H]1O. The van der Waals surface area contributed by atoms with E-state index in [1.54, 1.807) is 6.92 Å². The summed E-state index contributed by atoms with van der Waals surface area (Å²) in [5.74, 6) is -0.255. The quantitative estimate of drug-likeness (QED) is 0.887. The largest absolute Gasteiger partial charge is 0.390 e. The summed E-state index contributed by atoms with van der Waals surface area (Å²) in [6.45, 7) is 2.61. The highest BCUT2D eigenvalue weighted by atomic mass is 79.9. The maximum Gasteiger partial charge on any atom is 0.254 e. The van der Waals surface area contributed by atoms with Crippen LogP contribution >= 0.6 is 15.9 Å². The van der Waals surface area contributed by atoms with Crippen molar-refractivity contribution in [2.24, 2.45) is 0 Å². The van der Waals surface area contributed by atoms with Crippen LogP contribution in [0.25, 0.3) is 0 Å². The zero-order chi connectivity index (χ0) is 14.6. The Kier molecular flexibility index (Phi) is 5.18. The first kappa shape index (κ1) is 15.5. The van der Waals surface area contributed by atoms with Crippen LogP contribution in [0.5, 0.6) is 0 Å². The number of rotatable bonds is 3. The van der Waals surface area contributed by atoms with E-state index >= 15 is 0 Å². The van der Waals surface area contributed by atoms with E-state index in [1.165, 1.54) is 0 Å². The van der Waals surface area contributed by atoms with Gasteiger partial charge in [-0.1, -0.05) is 28.1 Å². The van der Waals surface area contributed by atoms with Crippen molar-refractivity contribution in [3.05, 3.63) is 34.3 Å². The lowest BCUT2D eigenvalue weighted by atomic mass is 9.94. The first-order chi connectivity index (χ1) is 9.52. The smallest absolute Gasteiger partial charge is 0.254 e. The van der Waals surface area contributed by atoms with Gasteiger partial charge in [-0.05, 0) is 43.9 Å². The molecule has 0 aliphatic carbocycles. The number of benzene rings is 1. The van der Waals surface area contributed by atoms with Crippen molar-refractivity contribution < 1.29 is 14.6 Å². The summed E-state index contributed by atoms with van der Waals surface area (Å²) in [4.78, 5) is 12.3. The van der Waals surface area contributed by atoms with Crippen LogP contribution in [0.1, 0.15) is 31.7 Å². The molecule has 0 bridgehead atoms. The molecule has 0 unspecified atom stereocenters. The minimum atomic E-state index is -1.15. The first-order valence-corrected chi connectivity index (χ1v) is 7.66. The number of amides is 1. The van der Waals surface area contributed by atoms with E-state index in [0.29, 0.717) is 19.6 Å². The number of halogens is 1. The molecule has 1 heterocycles. The van der Waals surface area contributed by atoms with Gasteiger partial charge in [0, 0.05) is 17.6 Å². The second-order valence-corrected chi connectivity index (χ2v) is 6.19. The van der Waals surface area contributed by atoms with Gasteiger partial charge in [0.05, 0.1) is 6.10 Å². The summed E-state index contributed by atoms with van der Waals surface area (Å²) >= 11 is 3.37. The van der Waals surface area contributed by atoms with E-state index < -0.39 is 11.7 Å². The predicted molar refractivity (Wildman–Crippen MR) is 80.2 cm³/mol. The van der Waals surface area contributed by atoms with E-state index in [-0.39, 0.29) is 5.91 Å². The molecule has 2 N–H and O–H groups in total. The molecule has 20 heavy (non-hydrogen) atoms. The van der Waals surface area contributed by atoms with Gasteiger partial charge in [0.25, 0.3) is 5.91 Å². The average Bonchev–Trinajstić information content (AvgIpc) is 2.61. The molecule has 1 aliphatic rings. The molecule has 0 spiro atoms. The monoisotopic (exact) mass is 341 g/mol. The second kappa shape index (κ2) is 6.70. The molecule has 0 saturated carbocycles. The molecule has 4 nitrogen and oxygen atoms in total. The van der Waals surface area contributed by atoms with Crippen LogP contribution in [0.3, 0.4) is 0 Å². The number of ether oxygens (including phenoxy) is 1. The summed E-state index contributed by atoms with van der Waals surface area (Å²) in [6.07, 6.45) is 1.61. The molecule has 110 valence electrons. The van der Waals surface area contributed by atoms with Crippen molar-refractivity contribution in [3.63, 3.8) is 0 Å².